The van der Waals surface area contributed by atoms with Gasteiger partial charge >= 0.3 is 0 Å². The minimum atomic E-state index is -0.253. The maximum absolute atomic E-state index is 13.1. The van der Waals surface area contributed by atoms with E-state index in [4.69, 9.17) is 0 Å². The van der Waals surface area contributed by atoms with Crippen LogP contribution in [-0.2, 0) is 4.79 Å². The predicted molar refractivity (Wildman–Crippen MR) is 101 cm³/mol. The summed E-state index contributed by atoms with van der Waals surface area (Å²) in [6, 6.07) is 0. The van der Waals surface area contributed by atoms with E-state index in [0.29, 0.717) is 34.9 Å². The molecule has 0 aromatic carbocycles. The van der Waals surface area contributed by atoms with Gasteiger partial charge in [-0.2, -0.15) is 0 Å². The molecule has 4 fully saturated rings. The molecule has 4 saturated carbocycles. The minimum absolute atomic E-state index is 0.117. The number of allylic oxidation sites excluding steroid dienone is 1. The lowest BCUT2D eigenvalue weighted by molar-refractivity contribution is -0.159. The normalized spacial score (nSPS) is 53.5. The second-order valence-electron chi connectivity index (χ2n) is 10.4. The summed E-state index contributed by atoms with van der Waals surface area (Å²) in [7, 11) is 0. The lowest BCUT2D eigenvalue weighted by Crippen LogP contribution is -2.57. The van der Waals surface area contributed by atoms with Crippen LogP contribution in [0, 0.1) is 46.3 Å². The summed E-state index contributed by atoms with van der Waals surface area (Å²) in [6.07, 6.45) is 10.6. The first-order valence-electron chi connectivity index (χ1n) is 10.6. The quantitative estimate of drug-likeness (QED) is 0.715. The molecular weight excluding hydrogens is 308 g/mol. The highest BCUT2D eigenvalue weighted by molar-refractivity contribution is 5.83. The van der Waals surface area contributed by atoms with E-state index >= 15 is 0 Å². The maximum atomic E-state index is 13.1. The molecule has 25 heavy (non-hydrogen) atoms. The fourth-order valence-electron chi connectivity index (χ4n) is 8.09. The minimum Gasteiger partial charge on any atom is -0.393 e. The highest BCUT2D eigenvalue weighted by Gasteiger charge is 2.62. The van der Waals surface area contributed by atoms with E-state index in [2.05, 4.69) is 33.4 Å². The molecule has 0 bridgehead atoms. The van der Waals surface area contributed by atoms with Gasteiger partial charge in [-0.05, 0) is 85.4 Å². The van der Waals surface area contributed by atoms with Crippen LogP contribution in [0.1, 0.15) is 72.1 Å². The Morgan fingerprint density at radius 3 is 2.52 bits per heavy atom. The van der Waals surface area contributed by atoms with Crippen LogP contribution in [0.5, 0.6) is 0 Å². The first-order valence-corrected chi connectivity index (χ1v) is 10.6. The van der Waals surface area contributed by atoms with Crippen LogP contribution >= 0.6 is 0 Å². The van der Waals surface area contributed by atoms with Crippen molar-refractivity contribution in [1.82, 2.24) is 0 Å². The number of Topliss-reactive ketones (excluding diaryl/α,β-unsaturated/α-hetero) is 1. The maximum Gasteiger partial charge on any atom is 0.136 e. The molecule has 9 atom stereocenters. The number of hydrogen-bond acceptors (Lipinski definition) is 2. The fraction of sp³-hybridized carbons (Fsp3) is 0.870. The van der Waals surface area contributed by atoms with Crippen LogP contribution in [0.2, 0.25) is 0 Å². The first kappa shape index (κ1) is 17.8. The Morgan fingerprint density at radius 1 is 1.12 bits per heavy atom. The van der Waals surface area contributed by atoms with Crippen molar-refractivity contribution in [3.05, 3.63) is 12.7 Å². The third-order valence-corrected chi connectivity index (χ3v) is 9.51. The van der Waals surface area contributed by atoms with Crippen LogP contribution < -0.4 is 0 Å². The lowest BCUT2D eigenvalue weighted by Gasteiger charge is -2.60. The Balaban J connectivity index is 1.65. The van der Waals surface area contributed by atoms with Gasteiger partial charge in [0, 0.05) is 12.3 Å². The summed E-state index contributed by atoms with van der Waals surface area (Å²) in [6.45, 7) is 11.3. The Bertz CT molecular complexity index is 568. The Kier molecular flexibility index (Phi) is 4.22. The number of carbonyl (C=O) groups excluding carboxylic acids is 1. The van der Waals surface area contributed by atoms with Gasteiger partial charge in [0.25, 0.3) is 0 Å². The second-order valence-corrected chi connectivity index (χ2v) is 10.4. The van der Waals surface area contributed by atoms with E-state index in [0.717, 1.165) is 31.6 Å². The van der Waals surface area contributed by atoms with Gasteiger partial charge in [-0.15, -0.1) is 6.58 Å². The predicted octanol–water partition coefficient (Wildman–Crippen LogP) is 5.01. The molecule has 2 nitrogen and oxygen atoms in total. The molecule has 0 aromatic heterocycles. The van der Waals surface area contributed by atoms with Crippen molar-refractivity contribution in [3.8, 4) is 0 Å². The van der Waals surface area contributed by atoms with Crippen molar-refractivity contribution in [2.24, 2.45) is 46.3 Å². The molecule has 0 heterocycles. The summed E-state index contributed by atoms with van der Waals surface area (Å²) in [4.78, 5) is 13.1. The van der Waals surface area contributed by atoms with Crippen molar-refractivity contribution in [2.75, 3.05) is 0 Å². The van der Waals surface area contributed by atoms with Crippen molar-refractivity contribution < 1.29 is 9.90 Å². The van der Waals surface area contributed by atoms with Gasteiger partial charge < -0.3 is 5.11 Å². The number of carbonyl (C=O) groups is 1. The average molecular weight is 345 g/mol. The van der Waals surface area contributed by atoms with Gasteiger partial charge in [0.2, 0.25) is 0 Å². The van der Waals surface area contributed by atoms with Crippen LogP contribution in [0.3, 0.4) is 0 Å². The molecule has 0 amide bonds. The van der Waals surface area contributed by atoms with Crippen molar-refractivity contribution in [3.63, 3.8) is 0 Å². The summed E-state index contributed by atoms with van der Waals surface area (Å²) >= 11 is 0. The molecule has 140 valence electrons. The van der Waals surface area contributed by atoms with E-state index in [1.165, 1.54) is 25.7 Å². The number of ketones is 1. The van der Waals surface area contributed by atoms with E-state index < -0.39 is 0 Å². The molecule has 2 heteroatoms. The summed E-state index contributed by atoms with van der Waals surface area (Å²) in [5, 5.41) is 10.1. The van der Waals surface area contributed by atoms with Crippen LogP contribution in [-0.4, -0.2) is 17.0 Å². The zero-order valence-electron chi connectivity index (χ0n) is 16.3. The zero-order chi connectivity index (χ0) is 18.0. The third-order valence-electron chi connectivity index (χ3n) is 9.51. The van der Waals surface area contributed by atoms with Gasteiger partial charge in [0.15, 0.2) is 0 Å². The van der Waals surface area contributed by atoms with E-state index in [1.807, 2.05) is 0 Å². The molecule has 1 N–H and O–H groups in total. The molecule has 0 unspecified atom stereocenters. The largest absolute Gasteiger partial charge is 0.393 e. The zero-order valence-corrected chi connectivity index (χ0v) is 16.3. The van der Waals surface area contributed by atoms with Crippen molar-refractivity contribution in [2.45, 2.75) is 78.2 Å². The number of aliphatic hydroxyl groups is 1. The van der Waals surface area contributed by atoms with Crippen LogP contribution in [0.15, 0.2) is 12.7 Å². The second kappa shape index (κ2) is 5.94. The highest BCUT2D eigenvalue weighted by Crippen LogP contribution is 2.67. The topological polar surface area (TPSA) is 37.3 Å². The van der Waals surface area contributed by atoms with Gasteiger partial charge in [-0.25, -0.2) is 0 Å². The van der Waals surface area contributed by atoms with E-state index in [9.17, 15) is 9.90 Å². The van der Waals surface area contributed by atoms with Crippen LogP contribution in [0.25, 0.3) is 0 Å². The Morgan fingerprint density at radius 2 is 1.80 bits per heavy atom. The lowest BCUT2D eigenvalue weighted by atomic mass is 9.44. The number of fused-ring (bicyclic) bond motifs is 5. The monoisotopic (exact) mass is 344 g/mol. The summed E-state index contributed by atoms with van der Waals surface area (Å²) in [5.74, 6) is 3.90. The van der Waals surface area contributed by atoms with E-state index in [-0.39, 0.29) is 17.4 Å². The average Bonchev–Trinajstić information content (AvgIpc) is 2.93. The standard InChI is InChI=1S/C23H36O2/c1-5-14(2)17-6-7-18-16-13-21(25)20-12-15(24)8-10-23(20,4)19(16)9-11-22(17,18)3/h5,14-20,24H,1,6-13H2,2-4H3/t14-,15-,16+,17-,18+,19+,20+,22-,23-/m1/s1. The van der Waals surface area contributed by atoms with Gasteiger partial charge in [-0.3, -0.25) is 4.79 Å². The van der Waals surface area contributed by atoms with E-state index in [1.54, 1.807) is 0 Å². The molecule has 4 aliphatic carbocycles. The molecule has 0 spiro atoms. The Hall–Kier alpha value is -0.630. The number of aliphatic hydroxyl groups excluding tert-OH is 1. The van der Waals surface area contributed by atoms with Crippen molar-refractivity contribution >= 4 is 5.78 Å². The number of rotatable bonds is 2. The molecule has 0 aliphatic heterocycles. The fourth-order valence-corrected chi connectivity index (χ4v) is 8.09. The molecule has 4 rings (SSSR count). The van der Waals surface area contributed by atoms with Gasteiger partial charge in [0.1, 0.15) is 5.78 Å². The highest BCUT2D eigenvalue weighted by atomic mass is 16.3. The summed E-state index contributed by atoms with van der Waals surface area (Å²) in [5.41, 5.74) is 0.537. The summed E-state index contributed by atoms with van der Waals surface area (Å²) < 4.78 is 0. The van der Waals surface area contributed by atoms with Crippen molar-refractivity contribution in [1.29, 1.82) is 0 Å². The Labute approximate surface area is 153 Å². The number of hydrogen-bond donors (Lipinski definition) is 1. The molecule has 0 saturated heterocycles. The molecule has 0 aromatic rings. The first-order chi connectivity index (χ1) is 11.8. The smallest absolute Gasteiger partial charge is 0.136 e. The van der Waals surface area contributed by atoms with Gasteiger partial charge in [-0.1, -0.05) is 26.8 Å². The SMILES string of the molecule is C=C[C@@H](C)[C@H]1CC[C@H]2[C@@H]3CC(=O)[C@@H]4C[C@H](O)CC[C@]4(C)[C@H]3CC[C@]12C. The third kappa shape index (κ3) is 2.42. The van der Waals surface area contributed by atoms with Gasteiger partial charge in [0.05, 0.1) is 6.10 Å². The molecule has 4 aliphatic rings. The van der Waals surface area contributed by atoms with Crippen LogP contribution in [0.4, 0.5) is 0 Å². The molecular formula is C23H36O2. The molecule has 0 radical (unpaired) electrons.